The summed E-state index contributed by atoms with van der Waals surface area (Å²) in [5.41, 5.74) is 1.16. The average molecular weight is 211 g/mol. The molecule has 4 heteroatoms. The number of nitrogens with one attached hydrogen (secondary N) is 1. The second-order valence-electron chi connectivity index (χ2n) is 4.05. The van der Waals surface area contributed by atoms with Gasteiger partial charge in [-0.05, 0) is 20.3 Å². The van der Waals surface area contributed by atoms with Gasteiger partial charge in [0.2, 0.25) is 0 Å². The minimum absolute atomic E-state index is 0.181. The van der Waals surface area contributed by atoms with Crippen LogP contribution in [0.15, 0.2) is 12.5 Å². The highest BCUT2D eigenvalue weighted by molar-refractivity contribution is 4.99. The standard InChI is InChI=1S/C11H21N3O/c1-4-10(7-15)13-6-11-5-12-8-14(11)9(2)3/h5,8-10,13,15H,4,6-7H2,1-3H3/t10-/m1/s1. The number of rotatable bonds is 6. The predicted molar refractivity (Wildman–Crippen MR) is 60.6 cm³/mol. The molecule has 1 atom stereocenters. The molecule has 0 amide bonds. The monoisotopic (exact) mass is 211 g/mol. The van der Waals surface area contributed by atoms with Crippen LogP contribution in [0.3, 0.4) is 0 Å². The highest BCUT2D eigenvalue weighted by Crippen LogP contribution is 2.08. The molecule has 0 spiro atoms. The van der Waals surface area contributed by atoms with Crippen molar-refractivity contribution in [2.75, 3.05) is 6.61 Å². The Morgan fingerprint density at radius 1 is 1.53 bits per heavy atom. The highest BCUT2D eigenvalue weighted by atomic mass is 16.3. The fourth-order valence-electron chi connectivity index (χ4n) is 1.52. The summed E-state index contributed by atoms with van der Waals surface area (Å²) in [7, 11) is 0. The molecular formula is C11H21N3O. The van der Waals surface area contributed by atoms with Crippen LogP contribution in [-0.4, -0.2) is 27.3 Å². The lowest BCUT2D eigenvalue weighted by molar-refractivity contribution is 0.237. The normalized spacial score (nSPS) is 13.4. The van der Waals surface area contributed by atoms with Gasteiger partial charge in [-0.15, -0.1) is 0 Å². The van der Waals surface area contributed by atoms with Gasteiger partial charge in [0.1, 0.15) is 0 Å². The molecule has 0 radical (unpaired) electrons. The van der Waals surface area contributed by atoms with E-state index in [0.29, 0.717) is 6.04 Å². The Morgan fingerprint density at radius 2 is 2.27 bits per heavy atom. The van der Waals surface area contributed by atoms with Crippen LogP contribution in [0.4, 0.5) is 0 Å². The largest absolute Gasteiger partial charge is 0.395 e. The van der Waals surface area contributed by atoms with Crippen molar-refractivity contribution in [2.24, 2.45) is 0 Å². The van der Waals surface area contributed by atoms with E-state index in [0.717, 1.165) is 18.7 Å². The van der Waals surface area contributed by atoms with Gasteiger partial charge in [-0.2, -0.15) is 0 Å². The van der Waals surface area contributed by atoms with Crippen molar-refractivity contribution in [2.45, 2.75) is 45.8 Å². The zero-order valence-corrected chi connectivity index (χ0v) is 9.77. The van der Waals surface area contributed by atoms with Crippen LogP contribution in [0.1, 0.15) is 38.9 Å². The Labute approximate surface area is 91.3 Å². The number of aromatic nitrogens is 2. The van der Waals surface area contributed by atoms with Gasteiger partial charge < -0.3 is 15.0 Å². The van der Waals surface area contributed by atoms with E-state index in [1.807, 2.05) is 12.5 Å². The van der Waals surface area contributed by atoms with Crippen molar-refractivity contribution < 1.29 is 5.11 Å². The Kier molecular flexibility index (Phi) is 4.78. The van der Waals surface area contributed by atoms with Gasteiger partial charge in [0.15, 0.2) is 0 Å². The molecule has 0 unspecified atom stereocenters. The van der Waals surface area contributed by atoms with Crippen molar-refractivity contribution in [1.82, 2.24) is 14.9 Å². The van der Waals surface area contributed by atoms with Crippen molar-refractivity contribution in [3.63, 3.8) is 0 Å². The molecular weight excluding hydrogens is 190 g/mol. The third-order valence-electron chi connectivity index (χ3n) is 2.59. The maximum absolute atomic E-state index is 9.05. The molecule has 0 bridgehead atoms. The second-order valence-corrected chi connectivity index (χ2v) is 4.05. The molecule has 0 aliphatic carbocycles. The van der Waals surface area contributed by atoms with Crippen LogP contribution in [0.5, 0.6) is 0 Å². The van der Waals surface area contributed by atoms with E-state index in [1.165, 1.54) is 0 Å². The summed E-state index contributed by atoms with van der Waals surface area (Å²) >= 11 is 0. The molecule has 0 aliphatic heterocycles. The fraction of sp³-hybridized carbons (Fsp3) is 0.727. The lowest BCUT2D eigenvalue weighted by atomic mass is 10.2. The summed E-state index contributed by atoms with van der Waals surface area (Å²) < 4.78 is 2.14. The van der Waals surface area contributed by atoms with Crippen molar-refractivity contribution in [1.29, 1.82) is 0 Å². The summed E-state index contributed by atoms with van der Waals surface area (Å²) in [6.45, 7) is 7.28. The molecule has 2 N–H and O–H groups in total. The van der Waals surface area contributed by atoms with Gasteiger partial charge in [0.05, 0.1) is 18.6 Å². The second kappa shape index (κ2) is 5.88. The molecule has 0 fully saturated rings. The van der Waals surface area contributed by atoms with Crippen LogP contribution in [0.2, 0.25) is 0 Å². The van der Waals surface area contributed by atoms with E-state index >= 15 is 0 Å². The van der Waals surface area contributed by atoms with Crippen LogP contribution >= 0.6 is 0 Å². The predicted octanol–water partition coefficient (Wildman–Crippen LogP) is 1.32. The Balaban J connectivity index is 2.53. The third kappa shape index (κ3) is 3.32. The molecule has 86 valence electrons. The molecule has 4 nitrogen and oxygen atoms in total. The number of nitrogens with zero attached hydrogens (tertiary/aromatic N) is 2. The minimum Gasteiger partial charge on any atom is -0.395 e. The molecule has 15 heavy (non-hydrogen) atoms. The fourth-order valence-corrected chi connectivity index (χ4v) is 1.52. The molecule has 0 saturated heterocycles. The smallest absolute Gasteiger partial charge is 0.0951 e. The highest BCUT2D eigenvalue weighted by Gasteiger charge is 2.07. The van der Waals surface area contributed by atoms with Crippen LogP contribution in [0.25, 0.3) is 0 Å². The number of hydrogen-bond acceptors (Lipinski definition) is 3. The first-order valence-corrected chi connectivity index (χ1v) is 5.54. The molecule has 1 aromatic heterocycles. The van der Waals surface area contributed by atoms with Gasteiger partial charge in [-0.3, -0.25) is 0 Å². The van der Waals surface area contributed by atoms with Gasteiger partial charge in [0.25, 0.3) is 0 Å². The zero-order valence-electron chi connectivity index (χ0n) is 9.77. The topological polar surface area (TPSA) is 50.1 Å². The van der Waals surface area contributed by atoms with Crippen LogP contribution < -0.4 is 5.32 Å². The molecule has 1 aromatic rings. The van der Waals surface area contributed by atoms with Gasteiger partial charge >= 0.3 is 0 Å². The van der Waals surface area contributed by atoms with E-state index in [2.05, 4.69) is 35.6 Å². The van der Waals surface area contributed by atoms with Crippen LogP contribution in [0, 0.1) is 0 Å². The molecule has 1 rings (SSSR count). The number of imidazole rings is 1. The lowest BCUT2D eigenvalue weighted by Crippen LogP contribution is -2.32. The lowest BCUT2D eigenvalue weighted by Gasteiger charge is -2.16. The van der Waals surface area contributed by atoms with E-state index in [4.69, 9.17) is 5.11 Å². The zero-order chi connectivity index (χ0) is 11.3. The first-order valence-electron chi connectivity index (χ1n) is 5.54. The van der Waals surface area contributed by atoms with Gasteiger partial charge in [-0.25, -0.2) is 4.98 Å². The quantitative estimate of drug-likeness (QED) is 0.746. The van der Waals surface area contributed by atoms with Crippen molar-refractivity contribution >= 4 is 0 Å². The van der Waals surface area contributed by atoms with Crippen molar-refractivity contribution in [3.05, 3.63) is 18.2 Å². The third-order valence-corrected chi connectivity index (χ3v) is 2.59. The van der Waals surface area contributed by atoms with Crippen molar-refractivity contribution in [3.8, 4) is 0 Å². The number of hydrogen-bond donors (Lipinski definition) is 2. The summed E-state index contributed by atoms with van der Waals surface area (Å²) in [5, 5.41) is 12.4. The van der Waals surface area contributed by atoms with E-state index in [-0.39, 0.29) is 12.6 Å². The first kappa shape index (κ1) is 12.2. The first-order chi connectivity index (χ1) is 7.19. The van der Waals surface area contributed by atoms with Crippen LogP contribution in [-0.2, 0) is 6.54 Å². The molecule has 1 heterocycles. The van der Waals surface area contributed by atoms with Gasteiger partial charge in [0, 0.05) is 24.8 Å². The molecule has 0 saturated carbocycles. The Bertz CT molecular complexity index is 279. The summed E-state index contributed by atoms with van der Waals surface area (Å²) in [4.78, 5) is 4.13. The summed E-state index contributed by atoms with van der Waals surface area (Å²) in [6, 6.07) is 0.610. The maximum atomic E-state index is 9.05. The number of aliphatic hydroxyl groups excluding tert-OH is 1. The SMILES string of the molecule is CC[C@H](CO)NCc1cncn1C(C)C. The average Bonchev–Trinajstić information content (AvgIpc) is 2.67. The molecule has 0 aliphatic rings. The Morgan fingerprint density at radius 3 is 2.80 bits per heavy atom. The Hall–Kier alpha value is -0.870. The van der Waals surface area contributed by atoms with E-state index in [1.54, 1.807) is 0 Å². The number of aliphatic hydroxyl groups is 1. The maximum Gasteiger partial charge on any atom is 0.0951 e. The molecule has 0 aromatic carbocycles. The summed E-state index contributed by atoms with van der Waals surface area (Å²) in [6.07, 6.45) is 4.66. The minimum atomic E-state index is 0.181. The van der Waals surface area contributed by atoms with E-state index in [9.17, 15) is 0 Å². The van der Waals surface area contributed by atoms with E-state index < -0.39 is 0 Å². The van der Waals surface area contributed by atoms with Gasteiger partial charge in [-0.1, -0.05) is 6.92 Å². The summed E-state index contributed by atoms with van der Waals surface area (Å²) in [5.74, 6) is 0.